The predicted molar refractivity (Wildman–Crippen MR) is 64.7 cm³/mol. The normalized spacial score (nSPS) is 15.8. The van der Waals surface area contributed by atoms with Crippen molar-refractivity contribution in [1.29, 1.82) is 0 Å². The summed E-state index contributed by atoms with van der Waals surface area (Å²) < 4.78 is 0. The standard InChI is InChI=1S/C12H18N2O3/c1-3-5-10(11(15)16)13-12(17)14(8-4-2)9-6-7-9/h3-4,9-10H,1-2,5-8H2,(H,13,17)(H,15,16). The number of hydrogen-bond acceptors (Lipinski definition) is 2. The summed E-state index contributed by atoms with van der Waals surface area (Å²) in [6.45, 7) is 7.51. The molecule has 1 atom stereocenters. The second kappa shape index (κ2) is 6.08. The van der Waals surface area contributed by atoms with Gasteiger partial charge in [0.2, 0.25) is 0 Å². The molecule has 17 heavy (non-hydrogen) atoms. The smallest absolute Gasteiger partial charge is 0.326 e. The number of carbonyl (C=O) groups is 2. The molecule has 1 aliphatic rings. The van der Waals surface area contributed by atoms with Gasteiger partial charge in [-0.25, -0.2) is 9.59 Å². The molecule has 1 fully saturated rings. The minimum atomic E-state index is -1.05. The highest BCUT2D eigenvalue weighted by atomic mass is 16.4. The Hall–Kier alpha value is -1.78. The third-order valence-corrected chi connectivity index (χ3v) is 2.57. The molecule has 0 saturated heterocycles. The van der Waals surface area contributed by atoms with Crippen molar-refractivity contribution in [2.45, 2.75) is 31.3 Å². The van der Waals surface area contributed by atoms with Gasteiger partial charge in [-0.2, -0.15) is 0 Å². The van der Waals surface area contributed by atoms with E-state index in [4.69, 9.17) is 5.11 Å². The van der Waals surface area contributed by atoms with Crippen LogP contribution in [-0.2, 0) is 4.79 Å². The van der Waals surface area contributed by atoms with E-state index in [0.717, 1.165) is 12.8 Å². The number of urea groups is 1. The number of carboxylic acids is 1. The fourth-order valence-electron chi connectivity index (χ4n) is 1.54. The Morgan fingerprint density at radius 3 is 2.47 bits per heavy atom. The van der Waals surface area contributed by atoms with Gasteiger partial charge in [0, 0.05) is 12.6 Å². The van der Waals surface area contributed by atoms with Gasteiger partial charge < -0.3 is 15.3 Å². The molecule has 0 heterocycles. The van der Waals surface area contributed by atoms with Gasteiger partial charge in [0.1, 0.15) is 6.04 Å². The lowest BCUT2D eigenvalue weighted by Gasteiger charge is -2.23. The Kier molecular flexibility index (Phi) is 4.75. The number of aliphatic carboxylic acids is 1. The van der Waals surface area contributed by atoms with Crippen molar-refractivity contribution in [2.75, 3.05) is 6.54 Å². The van der Waals surface area contributed by atoms with Crippen molar-refractivity contribution >= 4 is 12.0 Å². The first-order chi connectivity index (χ1) is 8.10. The van der Waals surface area contributed by atoms with Crippen LogP contribution >= 0.6 is 0 Å². The second-order valence-electron chi connectivity index (χ2n) is 4.04. The van der Waals surface area contributed by atoms with E-state index in [0.29, 0.717) is 6.54 Å². The number of nitrogens with zero attached hydrogens (tertiary/aromatic N) is 1. The monoisotopic (exact) mass is 238 g/mol. The first kappa shape index (κ1) is 13.3. The fraction of sp³-hybridized carbons (Fsp3) is 0.500. The number of nitrogens with one attached hydrogen (secondary N) is 1. The maximum absolute atomic E-state index is 11.9. The van der Waals surface area contributed by atoms with Crippen LogP contribution in [0, 0.1) is 0 Å². The van der Waals surface area contributed by atoms with Gasteiger partial charge in [-0.05, 0) is 19.3 Å². The van der Waals surface area contributed by atoms with E-state index in [1.807, 2.05) is 0 Å². The maximum Gasteiger partial charge on any atom is 0.326 e. The Labute approximate surface area is 101 Å². The Morgan fingerprint density at radius 1 is 1.41 bits per heavy atom. The quantitative estimate of drug-likeness (QED) is 0.658. The molecule has 0 spiro atoms. The lowest BCUT2D eigenvalue weighted by atomic mass is 10.2. The van der Waals surface area contributed by atoms with Crippen LogP contribution in [0.1, 0.15) is 19.3 Å². The van der Waals surface area contributed by atoms with E-state index in [9.17, 15) is 9.59 Å². The molecule has 0 radical (unpaired) electrons. The van der Waals surface area contributed by atoms with Crippen LogP contribution in [0.3, 0.4) is 0 Å². The van der Waals surface area contributed by atoms with Crippen LogP contribution in [0.2, 0.25) is 0 Å². The second-order valence-corrected chi connectivity index (χ2v) is 4.04. The molecule has 5 nitrogen and oxygen atoms in total. The molecule has 2 amide bonds. The molecule has 0 bridgehead atoms. The molecule has 5 heteroatoms. The van der Waals surface area contributed by atoms with Crippen molar-refractivity contribution in [1.82, 2.24) is 10.2 Å². The minimum Gasteiger partial charge on any atom is -0.480 e. The number of hydrogen-bond donors (Lipinski definition) is 2. The molecule has 0 aromatic rings. The van der Waals surface area contributed by atoms with Crippen molar-refractivity contribution in [3.63, 3.8) is 0 Å². The summed E-state index contributed by atoms with van der Waals surface area (Å²) >= 11 is 0. The number of amides is 2. The van der Waals surface area contributed by atoms with Gasteiger partial charge in [0.25, 0.3) is 0 Å². The SMILES string of the molecule is C=CCC(NC(=O)N(CC=C)C1CC1)C(=O)O. The van der Waals surface area contributed by atoms with Gasteiger partial charge in [0.05, 0.1) is 0 Å². The zero-order chi connectivity index (χ0) is 12.8. The van der Waals surface area contributed by atoms with Crippen LogP contribution in [0.25, 0.3) is 0 Å². The first-order valence-corrected chi connectivity index (χ1v) is 5.61. The average molecular weight is 238 g/mol. The lowest BCUT2D eigenvalue weighted by molar-refractivity contribution is -0.139. The van der Waals surface area contributed by atoms with Crippen LogP contribution in [0.15, 0.2) is 25.3 Å². The molecule has 1 unspecified atom stereocenters. The summed E-state index contributed by atoms with van der Waals surface area (Å²) in [5.74, 6) is -1.05. The molecule has 0 aromatic heterocycles. The summed E-state index contributed by atoms with van der Waals surface area (Å²) in [4.78, 5) is 24.4. The highest BCUT2D eigenvalue weighted by Gasteiger charge is 2.33. The van der Waals surface area contributed by atoms with Crippen LogP contribution in [-0.4, -0.2) is 40.6 Å². The van der Waals surface area contributed by atoms with Gasteiger partial charge in [-0.1, -0.05) is 12.2 Å². The summed E-state index contributed by atoms with van der Waals surface area (Å²) in [5, 5.41) is 11.4. The highest BCUT2D eigenvalue weighted by molar-refractivity contribution is 5.83. The van der Waals surface area contributed by atoms with Crippen molar-refractivity contribution in [3.05, 3.63) is 25.3 Å². The van der Waals surface area contributed by atoms with Crippen LogP contribution in [0.4, 0.5) is 4.79 Å². The summed E-state index contributed by atoms with van der Waals surface area (Å²) in [6, 6.07) is -1.03. The predicted octanol–water partition coefficient (Wildman–Crippen LogP) is 1.38. The zero-order valence-electron chi connectivity index (χ0n) is 9.76. The van der Waals surface area contributed by atoms with Gasteiger partial charge >= 0.3 is 12.0 Å². The molecule has 1 saturated carbocycles. The molecule has 1 rings (SSSR count). The summed E-state index contributed by atoms with van der Waals surface area (Å²) in [7, 11) is 0. The topological polar surface area (TPSA) is 69.6 Å². The Morgan fingerprint density at radius 2 is 2.06 bits per heavy atom. The van der Waals surface area contributed by atoms with Gasteiger partial charge in [0.15, 0.2) is 0 Å². The number of rotatable bonds is 7. The van der Waals surface area contributed by atoms with Gasteiger partial charge in [-0.3, -0.25) is 0 Å². The average Bonchev–Trinajstić information content (AvgIpc) is 3.08. The van der Waals surface area contributed by atoms with E-state index in [-0.39, 0.29) is 18.5 Å². The molecular formula is C12H18N2O3. The molecule has 0 aromatic carbocycles. The Bertz CT molecular complexity index is 324. The summed E-state index contributed by atoms with van der Waals surface area (Å²) in [6.07, 6.45) is 5.28. The number of carbonyl (C=O) groups excluding carboxylic acids is 1. The third-order valence-electron chi connectivity index (χ3n) is 2.57. The van der Waals surface area contributed by atoms with E-state index < -0.39 is 12.0 Å². The third kappa shape index (κ3) is 3.94. The van der Waals surface area contributed by atoms with Crippen molar-refractivity contribution in [2.24, 2.45) is 0 Å². The minimum absolute atomic E-state index is 0.216. The Balaban J connectivity index is 2.57. The van der Waals surface area contributed by atoms with Crippen LogP contribution in [0.5, 0.6) is 0 Å². The van der Waals surface area contributed by atoms with E-state index in [1.54, 1.807) is 11.0 Å². The van der Waals surface area contributed by atoms with E-state index >= 15 is 0 Å². The molecule has 2 N–H and O–H groups in total. The zero-order valence-corrected chi connectivity index (χ0v) is 9.76. The summed E-state index contributed by atoms with van der Waals surface area (Å²) in [5.41, 5.74) is 0. The highest BCUT2D eigenvalue weighted by Crippen LogP contribution is 2.26. The number of carboxylic acid groups (broad SMARTS) is 1. The van der Waals surface area contributed by atoms with E-state index in [2.05, 4.69) is 18.5 Å². The van der Waals surface area contributed by atoms with E-state index in [1.165, 1.54) is 6.08 Å². The molecule has 1 aliphatic carbocycles. The van der Waals surface area contributed by atoms with Crippen LogP contribution < -0.4 is 5.32 Å². The van der Waals surface area contributed by atoms with Crippen molar-refractivity contribution in [3.8, 4) is 0 Å². The van der Waals surface area contributed by atoms with Gasteiger partial charge in [-0.15, -0.1) is 13.2 Å². The van der Waals surface area contributed by atoms with Crippen molar-refractivity contribution < 1.29 is 14.7 Å². The lowest BCUT2D eigenvalue weighted by Crippen LogP contribution is -2.48. The molecule has 94 valence electrons. The maximum atomic E-state index is 11.9. The molecular weight excluding hydrogens is 220 g/mol. The largest absolute Gasteiger partial charge is 0.480 e. The molecule has 0 aliphatic heterocycles. The fourth-order valence-corrected chi connectivity index (χ4v) is 1.54. The first-order valence-electron chi connectivity index (χ1n) is 5.61.